The fourth-order valence-corrected chi connectivity index (χ4v) is 7.15. The van der Waals surface area contributed by atoms with Crippen LogP contribution in [0.15, 0.2) is 107 Å². The highest BCUT2D eigenvalue weighted by Crippen LogP contribution is 2.20. The van der Waals surface area contributed by atoms with E-state index in [0.717, 1.165) is 22.3 Å². The number of rotatable bonds is 28. The summed E-state index contributed by atoms with van der Waals surface area (Å²) >= 11 is 0. The van der Waals surface area contributed by atoms with Crippen LogP contribution >= 0.6 is 0 Å². The van der Waals surface area contributed by atoms with E-state index >= 15 is 0 Å². The second-order valence-corrected chi connectivity index (χ2v) is 18.2. The van der Waals surface area contributed by atoms with Gasteiger partial charge in [0.05, 0.1) is 75.9 Å². The number of carbonyl (C=O) groups is 1. The molecule has 0 heterocycles. The zero-order valence-corrected chi connectivity index (χ0v) is 37.7. The van der Waals surface area contributed by atoms with Gasteiger partial charge in [-0.3, -0.25) is 13.3 Å². The molecule has 0 N–H and O–H groups in total. The molecule has 0 aliphatic heterocycles. The number of aryl methyl sites for hydroxylation is 2. The van der Waals surface area contributed by atoms with Crippen LogP contribution in [0, 0.1) is 13.8 Å². The zero-order valence-electron chi connectivity index (χ0n) is 36.1. The highest BCUT2D eigenvalue weighted by molar-refractivity contribution is 7.87. The largest absolute Gasteiger partial charge is 0.491 e. The number of ether oxygens (including phenoxy) is 7. The molecule has 0 aliphatic carbocycles. The van der Waals surface area contributed by atoms with E-state index in [2.05, 4.69) is 0 Å². The maximum atomic E-state index is 13.3. The Balaban J connectivity index is 1.09. The first kappa shape index (κ1) is 50.1. The van der Waals surface area contributed by atoms with Crippen LogP contribution in [0.2, 0.25) is 0 Å². The summed E-state index contributed by atoms with van der Waals surface area (Å²) < 4.78 is 98.2. The predicted molar refractivity (Wildman–Crippen MR) is 231 cm³/mol. The lowest BCUT2D eigenvalue weighted by Gasteiger charge is -2.27. The number of carbonyl (C=O) groups excluding carboxylic acids is 1. The summed E-state index contributed by atoms with van der Waals surface area (Å²) in [6.07, 6.45) is -0.444. The van der Waals surface area contributed by atoms with E-state index in [-0.39, 0.29) is 49.4 Å². The normalized spacial score (nSPS) is 12.0. The molecule has 0 spiro atoms. The smallest absolute Gasteiger partial charge is 0.410 e. The molecule has 0 saturated carbocycles. The SMILES string of the molecule is Cc1ccc(S(=O)(=O)OCCOCCOCCOc2ccc(CN(Cc3ccc(OCCOCCOCCOS(=O)(=O)c4ccc(C)cc4)cc3)C(=O)OC(C)(C)C)cc2)cc1. The molecular formula is C45H59NO14S2. The van der Waals surface area contributed by atoms with Crippen molar-refractivity contribution in [1.82, 2.24) is 4.90 Å². The molecule has 62 heavy (non-hydrogen) atoms. The third kappa shape index (κ3) is 19.2. The van der Waals surface area contributed by atoms with Crippen molar-refractivity contribution in [2.45, 2.75) is 63.1 Å². The summed E-state index contributed by atoms with van der Waals surface area (Å²) in [5.74, 6) is 1.29. The third-order valence-electron chi connectivity index (χ3n) is 8.53. The van der Waals surface area contributed by atoms with Crippen LogP contribution in [-0.2, 0) is 65.4 Å². The van der Waals surface area contributed by atoms with Gasteiger partial charge in [0.1, 0.15) is 30.3 Å². The number of hydrogen-bond acceptors (Lipinski definition) is 14. The summed E-state index contributed by atoms with van der Waals surface area (Å²) in [6, 6.07) is 27.8. The van der Waals surface area contributed by atoms with Crippen LogP contribution in [0.25, 0.3) is 0 Å². The second kappa shape index (κ2) is 25.5. The van der Waals surface area contributed by atoms with Gasteiger partial charge in [0.2, 0.25) is 0 Å². The van der Waals surface area contributed by atoms with Gasteiger partial charge in [-0.05, 0) is 94.3 Å². The summed E-state index contributed by atoms with van der Waals surface area (Å²) in [5, 5.41) is 0. The van der Waals surface area contributed by atoms with Crippen molar-refractivity contribution in [3.05, 3.63) is 119 Å². The maximum absolute atomic E-state index is 13.3. The Bertz CT molecular complexity index is 1980. The van der Waals surface area contributed by atoms with Crippen molar-refractivity contribution in [3.8, 4) is 11.5 Å². The lowest BCUT2D eigenvalue weighted by Crippen LogP contribution is -2.36. The maximum Gasteiger partial charge on any atom is 0.410 e. The first-order valence-corrected chi connectivity index (χ1v) is 23.1. The molecule has 15 nitrogen and oxygen atoms in total. The van der Waals surface area contributed by atoms with E-state index in [1.54, 1.807) is 29.2 Å². The lowest BCUT2D eigenvalue weighted by atomic mass is 10.1. The van der Waals surface area contributed by atoms with Gasteiger partial charge in [0.25, 0.3) is 20.2 Å². The molecule has 0 unspecified atom stereocenters. The number of nitrogens with zero attached hydrogens (tertiary/aromatic N) is 1. The average molecular weight is 902 g/mol. The number of benzene rings is 4. The molecule has 0 radical (unpaired) electrons. The van der Waals surface area contributed by atoms with Gasteiger partial charge in [-0.25, -0.2) is 4.79 Å². The van der Waals surface area contributed by atoms with Crippen LogP contribution < -0.4 is 9.47 Å². The molecule has 0 atom stereocenters. The molecule has 1 amide bonds. The van der Waals surface area contributed by atoms with Gasteiger partial charge in [-0.2, -0.15) is 16.8 Å². The molecule has 340 valence electrons. The highest BCUT2D eigenvalue weighted by atomic mass is 32.2. The van der Waals surface area contributed by atoms with E-state index in [1.807, 2.05) is 83.1 Å². The van der Waals surface area contributed by atoms with Crippen LogP contribution in [0.1, 0.15) is 43.0 Å². The van der Waals surface area contributed by atoms with Crippen LogP contribution in [0.3, 0.4) is 0 Å². The van der Waals surface area contributed by atoms with E-state index in [9.17, 15) is 21.6 Å². The molecule has 0 saturated heterocycles. The molecule has 17 heteroatoms. The Hall–Kier alpha value is -4.59. The summed E-state index contributed by atoms with van der Waals surface area (Å²) in [4.78, 5) is 15.1. The van der Waals surface area contributed by atoms with Crippen molar-refractivity contribution in [2.75, 3.05) is 79.3 Å². The predicted octanol–water partition coefficient (Wildman–Crippen LogP) is 6.88. The quantitative estimate of drug-likeness (QED) is 0.0427. The first-order valence-electron chi connectivity index (χ1n) is 20.2. The van der Waals surface area contributed by atoms with Gasteiger partial charge >= 0.3 is 6.09 Å². The Morgan fingerprint density at radius 2 is 0.790 bits per heavy atom. The molecule has 0 bridgehead atoms. The molecule has 0 fully saturated rings. The Morgan fingerprint density at radius 1 is 0.468 bits per heavy atom. The Morgan fingerprint density at radius 3 is 1.13 bits per heavy atom. The van der Waals surface area contributed by atoms with Crippen molar-refractivity contribution in [3.63, 3.8) is 0 Å². The highest BCUT2D eigenvalue weighted by Gasteiger charge is 2.23. The summed E-state index contributed by atoms with van der Waals surface area (Å²) in [7, 11) is -7.65. The monoisotopic (exact) mass is 901 g/mol. The zero-order chi connectivity index (χ0) is 44.9. The minimum Gasteiger partial charge on any atom is -0.491 e. The first-order chi connectivity index (χ1) is 29.6. The van der Waals surface area contributed by atoms with E-state index in [0.29, 0.717) is 64.2 Å². The van der Waals surface area contributed by atoms with Gasteiger partial charge < -0.3 is 33.2 Å². The molecule has 0 aromatic heterocycles. The van der Waals surface area contributed by atoms with Gasteiger partial charge in [-0.15, -0.1) is 0 Å². The number of amides is 1. The molecule has 4 aromatic rings. The van der Waals surface area contributed by atoms with Gasteiger partial charge in [0, 0.05) is 13.1 Å². The minimum absolute atomic E-state index is 0.0971. The number of hydrogen-bond donors (Lipinski definition) is 0. The standard InChI is InChI=1S/C45H59NO14S2/c1-36-6-18-42(19-7-36)61(48,49)58-32-28-54-24-22-52-26-30-56-40-14-10-38(11-15-40)34-46(44(47)60-45(3,4)5)35-39-12-16-41(17-13-39)57-31-27-53-23-25-55-29-33-59-62(50,51)43-20-8-37(2)9-21-43/h6-21H,22-35H2,1-5H3. The minimum atomic E-state index is -3.83. The topological polar surface area (TPSA) is 172 Å². The van der Waals surface area contributed by atoms with E-state index < -0.39 is 31.9 Å². The van der Waals surface area contributed by atoms with E-state index in [1.165, 1.54) is 24.3 Å². The second-order valence-electron chi connectivity index (χ2n) is 14.9. The Labute approximate surface area is 366 Å². The van der Waals surface area contributed by atoms with Crippen molar-refractivity contribution in [2.24, 2.45) is 0 Å². The van der Waals surface area contributed by atoms with Crippen LogP contribution in [0.4, 0.5) is 4.79 Å². The third-order valence-corrected chi connectivity index (χ3v) is 11.2. The summed E-state index contributed by atoms with van der Waals surface area (Å²) in [5.41, 5.74) is 3.01. The van der Waals surface area contributed by atoms with Crippen LogP contribution in [-0.4, -0.2) is 113 Å². The van der Waals surface area contributed by atoms with Gasteiger partial charge in [-0.1, -0.05) is 59.7 Å². The lowest BCUT2D eigenvalue weighted by molar-refractivity contribution is 0.0216. The summed E-state index contributed by atoms with van der Waals surface area (Å²) in [6.45, 7) is 12.3. The fourth-order valence-electron chi connectivity index (χ4n) is 5.37. The average Bonchev–Trinajstić information content (AvgIpc) is 3.22. The molecule has 4 aromatic carbocycles. The van der Waals surface area contributed by atoms with Crippen molar-refractivity contribution in [1.29, 1.82) is 0 Å². The van der Waals surface area contributed by atoms with Crippen molar-refractivity contribution < 1.29 is 63.2 Å². The Kier molecular flexibility index (Phi) is 20.6. The van der Waals surface area contributed by atoms with Crippen LogP contribution in [0.5, 0.6) is 11.5 Å². The fraction of sp³-hybridized carbons (Fsp3) is 0.444. The molecule has 0 aliphatic rings. The molecular weight excluding hydrogens is 843 g/mol. The molecule has 4 rings (SSSR count). The van der Waals surface area contributed by atoms with Gasteiger partial charge in [0.15, 0.2) is 0 Å². The van der Waals surface area contributed by atoms with E-state index in [4.69, 9.17) is 41.5 Å². The van der Waals surface area contributed by atoms with Crippen molar-refractivity contribution >= 4 is 26.3 Å².